The van der Waals surface area contributed by atoms with E-state index in [-0.39, 0.29) is 17.3 Å². The molecule has 10 heteroatoms. The van der Waals surface area contributed by atoms with Gasteiger partial charge in [0, 0.05) is 13.1 Å². The number of hydrogen-bond donors (Lipinski definition) is 1. The maximum Gasteiger partial charge on any atom is 0.264 e. The molecule has 0 bridgehead atoms. The summed E-state index contributed by atoms with van der Waals surface area (Å²) in [6, 6.07) is 19.4. The predicted molar refractivity (Wildman–Crippen MR) is 164 cm³/mol. The first kappa shape index (κ1) is 32.5. The van der Waals surface area contributed by atoms with Gasteiger partial charge in [0.15, 0.2) is 0 Å². The molecule has 0 saturated carbocycles. The van der Waals surface area contributed by atoms with Crippen LogP contribution >= 0.6 is 0 Å². The van der Waals surface area contributed by atoms with Crippen LogP contribution in [0.15, 0.2) is 77.7 Å². The number of sulfonamides is 1. The molecule has 0 aliphatic rings. The largest absolute Gasteiger partial charge is 0.497 e. The van der Waals surface area contributed by atoms with E-state index >= 15 is 0 Å². The third kappa shape index (κ3) is 8.48. The maximum atomic E-state index is 14.0. The lowest BCUT2D eigenvalue weighted by molar-refractivity contribution is -0.139. The minimum Gasteiger partial charge on any atom is -0.497 e. The van der Waals surface area contributed by atoms with Crippen molar-refractivity contribution in [1.82, 2.24) is 10.2 Å². The monoisotopic (exact) mass is 595 g/mol. The van der Waals surface area contributed by atoms with Crippen LogP contribution in [0.3, 0.4) is 0 Å². The van der Waals surface area contributed by atoms with E-state index in [1.54, 1.807) is 62.6 Å². The van der Waals surface area contributed by atoms with Crippen LogP contribution in [0.4, 0.5) is 5.69 Å². The predicted octanol–water partition coefficient (Wildman–Crippen LogP) is 4.93. The summed E-state index contributed by atoms with van der Waals surface area (Å²) in [5, 5.41) is 2.89. The summed E-state index contributed by atoms with van der Waals surface area (Å²) in [7, 11) is -2.58. The normalized spacial score (nSPS) is 11.8. The van der Waals surface area contributed by atoms with Gasteiger partial charge in [0.25, 0.3) is 10.0 Å². The summed E-state index contributed by atoms with van der Waals surface area (Å²) in [6.07, 6.45) is 1.72. The number of carbonyl (C=O) groups is 2. The second-order valence-electron chi connectivity index (χ2n) is 9.94. The van der Waals surface area contributed by atoms with Gasteiger partial charge in [0.05, 0.1) is 24.3 Å². The smallest absolute Gasteiger partial charge is 0.264 e. The second-order valence-corrected chi connectivity index (χ2v) is 11.8. The highest BCUT2D eigenvalue weighted by molar-refractivity contribution is 7.92. The highest BCUT2D eigenvalue weighted by atomic mass is 32.2. The van der Waals surface area contributed by atoms with Gasteiger partial charge in [-0.25, -0.2) is 8.42 Å². The lowest BCUT2D eigenvalue weighted by Gasteiger charge is -2.32. The van der Waals surface area contributed by atoms with Crippen molar-refractivity contribution in [2.24, 2.45) is 0 Å². The summed E-state index contributed by atoms with van der Waals surface area (Å²) >= 11 is 0. The van der Waals surface area contributed by atoms with Gasteiger partial charge >= 0.3 is 0 Å². The molecule has 0 heterocycles. The first-order chi connectivity index (χ1) is 20.1. The van der Waals surface area contributed by atoms with Crippen molar-refractivity contribution in [2.45, 2.75) is 58.0 Å². The van der Waals surface area contributed by atoms with Crippen molar-refractivity contribution in [3.05, 3.63) is 83.9 Å². The third-order valence-electron chi connectivity index (χ3n) is 6.83. The molecule has 1 atom stereocenters. The number of amides is 2. The van der Waals surface area contributed by atoms with Crippen LogP contribution in [0.1, 0.15) is 44.7 Å². The number of methoxy groups -OCH3 is 1. The van der Waals surface area contributed by atoms with Crippen LogP contribution in [0.25, 0.3) is 0 Å². The fraction of sp³-hybridized carbons (Fsp3) is 0.375. The van der Waals surface area contributed by atoms with E-state index in [0.29, 0.717) is 30.3 Å². The van der Waals surface area contributed by atoms with E-state index in [1.807, 2.05) is 32.9 Å². The molecule has 0 fully saturated rings. The van der Waals surface area contributed by atoms with Crippen LogP contribution in [0.2, 0.25) is 0 Å². The Morgan fingerprint density at radius 2 is 1.52 bits per heavy atom. The molecule has 0 spiro atoms. The van der Waals surface area contributed by atoms with Crippen LogP contribution in [-0.2, 0) is 26.2 Å². The summed E-state index contributed by atoms with van der Waals surface area (Å²) in [6.45, 7) is 7.95. The van der Waals surface area contributed by atoms with Crippen LogP contribution in [0.5, 0.6) is 11.5 Å². The maximum absolute atomic E-state index is 14.0. The number of benzene rings is 3. The molecule has 3 rings (SSSR count). The van der Waals surface area contributed by atoms with Crippen molar-refractivity contribution in [2.75, 3.05) is 31.1 Å². The highest BCUT2D eigenvalue weighted by Crippen LogP contribution is 2.27. The van der Waals surface area contributed by atoms with Gasteiger partial charge in [-0.3, -0.25) is 13.9 Å². The van der Waals surface area contributed by atoms with Crippen molar-refractivity contribution in [1.29, 1.82) is 0 Å². The van der Waals surface area contributed by atoms with E-state index in [9.17, 15) is 18.0 Å². The molecule has 0 aliphatic carbocycles. The number of carbonyl (C=O) groups excluding carboxylic acids is 2. The van der Waals surface area contributed by atoms with Crippen LogP contribution in [0, 0.1) is 6.92 Å². The molecule has 0 aliphatic heterocycles. The SMILES string of the molecule is CCCCNC(=O)[C@@H](C)N(Cc1ccc(OC)cc1)C(=O)CN(c1ccc(OCC)cc1)S(=O)(=O)c1ccc(C)cc1. The molecular weight excluding hydrogens is 554 g/mol. The van der Waals surface area contributed by atoms with Gasteiger partial charge in [-0.2, -0.15) is 0 Å². The van der Waals surface area contributed by atoms with Crippen molar-refractivity contribution in [3.8, 4) is 11.5 Å². The highest BCUT2D eigenvalue weighted by Gasteiger charge is 2.32. The molecule has 0 saturated heterocycles. The summed E-state index contributed by atoms with van der Waals surface area (Å²) < 4.78 is 39.8. The molecule has 0 unspecified atom stereocenters. The lowest BCUT2D eigenvalue weighted by Crippen LogP contribution is -2.51. The van der Waals surface area contributed by atoms with E-state index in [0.717, 1.165) is 28.3 Å². The Morgan fingerprint density at radius 1 is 0.905 bits per heavy atom. The molecule has 9 nitrogen and oxygen atoms in total. The molecule has 3 aromatic rings. The van der Waals surface area contributed by atoms with Gasteiger partial charge < -0.3 is 19.7 Å². The van der Waals surface area contributed by atoms with Crippen LogP contribution < -0.4 is 19.1 Å². The Balaban J connectivity index is 2.00. The zero-order valence-electron chi connectivity index (χ0n) is 25.0. The van der Waals surface area contributed by atoms with Crippen molar-refractivity contribution in [3.63, 3.8) is 0 Å². The van der Waals surface area contributed by atoms with Gasteiger partial charge in [0.2, 0.25) is 11.8 Å². The van der Waals surface area contributed by atoms with Crippen molar-refractivity contribution < 1.29 is 27.5 Å². The fourth-order valence-corrected chi connectivity index (χ4v) is 5.70. The number of aryl methyl sites for hydroxylation is 1. The summed E-state index contributed by atoms with van der Waals surface area (Å²) in [5.74, 6) is 0.416. The minimum atomic E-state index is -4.14. The summed E-state index contributed by atoms with van der Waals surface area (Å²) in [5.41, 5.74) is 1.98. The fourth-order valence-electron chi connectivity index (χ4n) is 4.29. The van der Waals surface area contributed by atoms with Gasteiger partial charge in [-0.1, -0.05) is 43.2 Å². The zero-order chi connectivity index (χ0) is 30.7. The van der Waals surface area contributed by atoms with Crippen molar-refractivity contribution >= 4 is 27.5 Å². The van der Waals surface area contributed by atoms with Crippen LogP contribution in [-0.4, -0.2) is 58.0 Å². The van der Waals surface area contributed by atoms with E-state index in [4.69, 9.17) is 9.47 Å². The molecule has 1 N–H and O–H groups in total. The lowest BCUT2D eigenvalue weighted by atomic mass is 10.1. The third-order valence-corrected chi connectivity index (χ3v) is 8.62. The Kier molecular flexibility index (Phi) is 11.8. The molecule has 42 heavy (non-hydrogen) atoms. The molecule has 0 aromatic heterocycles. The van der Waals surface area contributed by atoms with Gasteiger partial charge in [-0.15, -0.1) is 0 Å². The van der Waals surface area contributed by atoms with E-state index in [2.05, 4.69) is 5.32 Å². The number of nitrogens with zero attached hydrogens (tertiary/aromatic N) is 2. The first-order valence-electron chi connectivity index (χ1n) is 14.1. The van der Waals surface area contributed by atoms with Gasteiger partial charge in [-0.05, 0) is 81.3 Å². The molecule has 2 amide bonds. The average molecular weight is 596 g/mol. The second kappa shape index (κ2) is 15.3. The van der Waals surface area contributed by atoms with E-state index < -0.39 is 28.5 Å². The minimum absolute atomic E-state index is 0.0573. The Morgan fingerprint density at radius 3 is 2.10 bits per heavy atom. The quantitative estimate of drug-likeness (QED) is 0.250. The molecular formula is C32H41N3O6S. The first-order valence-corrected chi connectivity index (χ1v) is 15.6. The number of ether oxygens (including phenoxy) is 2. The molecule has 0 radical (unpaired) electrons. The molecule has 226 valence electrons. The van der Waals surface area contributed by atoms with E-state index in [1.165, 1.54) is 17.0 Å². The number of nitrogens with one attached hydrogen (secondary N) is 1. The number of unbranched alkanes of at least 4 members (excludes halogenated alkanes) is 1. The Labute approximate surface area is 249 Å². The molecule has 3 aromatic carbocycles. The number of anilines is 1. The topological polar surface area (TPSA) is 105 Å². The van der Waals surface area contributed by atoms with Gasteiger partial charge in [0.1, 0.15) is 24.1 Å². The number of hydrogen-bond acceptors (Lipinski definition) is 6. The average Bonchev–Trinajstić information content (AvgIpc) is 2.99. The number of rotatable bonds is 15. The summed E-state index contributed by atoms with van der Waals surface area (Å²) in [4.78, 5) is 28.6. The Hall–Kier alpha value is -4.05. The Bertz CT molecular complexity index is 1410. The standard InChI is InChI=1S/C32H41N3O6S/c1-6-8-21-33-32(37)25(4)34(22-26-11-15-28(40-5)16-12-26)31(36)23-35(27-13-17-29(18-14-27)41-7-2)42(38,39)30-19-9-24(3)10-20-30/h9-20,25H,6-8,21-23H2,1-5H3,(H,33,37)/t25-/m1/s1. The zero-order valence-corrected chi connectivity index (χ0v) is 25.8.